The molecule has 4 heteroatoms. The van der Waals surface area contributed by atoms with E-state index in [0.717, 1.165) is 6.54 Å². The molecule has 1 unspecified atom stereocenters. The first-order chi connectivity index (χ1) is 5.90. The highest BCUT2D eigenvalue weighted by molar-refractivity contribution is 5.85. The van der Waals surface area contributed by atoms with Crippen LogP contribution in [0.15, 0.2) is 0 Å². The van der Waals surface area contributed by atoms with E-state index in [1.807, 2.05) is 25.9 Å². The molecule has 3 N–H and O–H groups in total. The van der Waals surface area contributed by atoms with Crippen LogP contribution in [-0.2, 0) is 4.79 Å². The monoisotopic (exact) mass is 187 g/mol. The van der Waals surface area contributed by atoms with E-state index >= 15 is 0 Å². The lowest BCUT2D eigenvalue weighted by molar-refractivity contribution is -0.125. The fourth-order valence-electron chi connectivity index (χ4n) is 0.756. The Morgan fingerprint density at radius 1 is 1.54 bits per heavy atom. The Morgan fingerprint density at radius 3 is 2.46 bits per heavy atom. The number of likely N-dealkylation sites (N-methyl/N-ethyl adjacent to an activating group) is 1. The molecular formula is C9H21N3O. The van der Waals surface area contributed by atoms with Crippen LogP contribution in [0.25, 0.3) is 0 Å². The molecule has 0 bridgehead atoms. The highest BCUT2D eigenvalue weighted by Crippen LogP contribution is 2.03. The summed E-state index contributed by atoms with van der Waals surface area (Å²) in [5.41, 5.74) is 5.02. The van der Waals surface area contributed by atoms with Crippen LogP contribution in [0, 0.1) is 0 Å². The van der Waals surface area contributed by atoms with Gasteiger partial charge >= 0.3 is 0 Å². The van der Waals surface area contributed by atoms with Gasteiger partial charge in [0.15, 0.2) is 0 Å². The SMILES string of the molecule is CCC(C)(N)C(=O)NCCN(C)C. The van der Waals surface area contributed by atoms with Crippen molar-refractivity contribution in [3.63, 3.8) is 0 Å². The molecule has 0 fully saturated rings. The summed E-state index contributed by atoms with van der Waals surface area (Å²) >= 11 is 0. The summed E-state index contributed by atoms with van der Waals surface area (Å²) in [7, 11) is 3.93. The third-order valence-corrected chi connectivity index (χ3v) is 2.10. The second-order valence-corrected chi connectivity index (χ2v) is 3.83. The third-order valence-electron chi connectivity index (χ3n) is 2.10. The van der Waals surface area contributed by atoms with Gasteiger partial charge in [-0.25, -0.2) is 0 Å². The van der Waals surface area contributed by atoms with Gasteiger partial charge in [0.05, 0.1) is 5.54 Å². The molecule has 78 valence electrons. The summed E-state index contributed by atoms with van der Waals surface area (Å²) in [6, 6.07) is 0. The molecule has 1 atom stereocenters. The number of hydrogen-bond donors (Lipinski definition) is 2. The van der Waals surface area contributed by atoms with E-state index in [0.29, 0.717) is 13.0 Å². The van der Waals surface area contributed by atoms with Gasteiger partial charge in [-0.1, -0.05) is 6.92 Å². The molecule has 0 saturated heterocycles. The zero-order valence-electron chi connectivity index (χ0n) is 9.05. The van der Waals surface area contributed by atoms with Crippen molar-refractivity contribution in [2.45, 2.75) is 25.8 Å². The minimum atomic E-state index is -0.730. The first-order valence-electron chi connectivity index (χ1n) is 4.62. The van der Waals surface area contributed by atoms with Crippen molar-refractivity contribution >= 4 is 5.91 Å². The maximum Gasteiger partial charge on any atom is 0.239 e. The summed E-state index contributed by atoms with van der Waals surface area (Å²) in [5.74, 6) is -0.0724. The van der Waals surface area contributed by atoms with E-state index in [4.69, 9.17) is 5.73 Å². The van der Waals surface area contributed by atoms with Crippen molar-refractivity contribution in [1.82, 2.24) is 10.2 Å². The van der Waals surface area contributed by atoms with Crippen molar-refractivity contribution in [3.8, 4) is 0 Å². The van der Waals surface area contributed by atoms with Gasteiger partial charge in [0.2, 0.25) is 5.91 Å². The second-order valence-electron chi connectivity index (χ2n) is 3.83. The average molecular weight is 187 g/mol. The molecule has 13 heavy (non-hydrogen) atoms. The van der Waals surface area contributed by atoms with E-state index in [2.05, 4.69) is 5.32 Å². The first kappa shape index (κ1) is 12.4. The van der Waals surface area contributed by atoms with Gasteiger partial charge in [0.25, 0.3) is 0 Å². The van der Waals surface area contributed by atoms with E-state index < -0.39 is 5.54 Å². The number of hydrogen-bond acceptors (Lipinski definition) is 3. The first-order valence-corrected chi connectivity index (χ1v) is 4.62. The third kappa shape index (κ3) is 4.85. The fourth-order valence-corrected chi connectivity index (χ4v) is 0.756. The Hall–Kier alpha value is -0.610. The maximum atomic E-state index is 11.4. The van der Waals surface area contributed by atoms with Gasteiger partial charge in [-0.2, -0.15) is 0 Å². The Kier molecular flexibility index (Phi) is 4.95. The molecule has 4 nitrogen and oxygen atoms in total. The summed E-state index contributed by atoms with van der Waals surface area (Å²) in [4.78, 5) is 13.4. The summed E-state index contributed by atoms with van der Waals surface area (Å²) in [6.07, 6.45) is 0.654. The Bertz CT molecular complexity index is 166. The zero-order valence-corrected chi connectivity index (χ0v) is 9.05. The van der Waals surface area contributed by atoms with E-state index in [1.54, 1.807) is 6.92 Å². The molecule has 0 radical (unpaired) electrons. The number of nitrogens with two attached hydrogens (primary N) is 1. The number of nitrogens with one attached hydrogen (secondary N) is 1. The summed E-state index contributed by atoms with van der Waals surface area (Å²) in [6.45, 7) is 5.15. The van der Waals surface area contributed by atoms with Crippen LogP contribution in [0.4, 0.5) is 0 Å². The molecule has 0 heterocycles. The molecule has 0 aromatic heterocycles. The number of carbonyl (C=O) groups excluding carboxylic acids is 1. The van der Waals surface area contributed by atoms with Gasteiger partial charge in [0, 0.05) is 13.1 Å². The lowest BCUT2D eigenvalue weighted by Gasteiger charge is -2.22. The second kappa shape index (κ2) is 5.19. The van der Waals surface area contributed by atoms with Gasteiger partial charge in [-0.05, 0) is 27.4 Å². The number of carbonyl (C=O) groups is 1. The lowest BCUT2D eigenvalue weighted by Crippen LogP contribution is -2.52. The molecule has 0 saturated carbocycles. The van der Waals surface area contributed by atoms with Crippen LogP contribution in [0.3, 0.4) is 0 Å². The Morgan fingerprint density at radius 2 is 2.08 bits per heavy atom. The van der Waals surface area contributed by atoms with Crippen molar-refractivity contribution in [2.75, 3.05) is 27.2 Å². The van der Waals surface area contributed by atoms with Crippen molar-refractivity contribution in [3.05, 3.63) is 0 Å². The standard InChI is InChI=1S/C9H21N3O/c1-5-9(2,10)8(13)11-6-7-12(3)4/h5-7,10H2,1-4H3,(H,11,13). The minimum absolute atomic E-state index is 0.0724. The van der Waals surface area contributed by atoms with Crippen LogP contribution < -0.4 is 11.1 Å². The average Bonchev–Trinajstić information content (AvgIpc) is 2.03. The van der Waals surface area contributed by atoms with Crippen LogP contribution >= 0.6 is 0 Å². The Labute approximate surface area is 80.5 Å². The van der Waals surface area contributed by atoms with Crippen LogP contribution in [0.2, 0.25) is 0 Å². The highest BCUT2D eigenvalue weighted by atomic mass is 16.2. The maximum absolute atomic E-state index is 11.4. The molecule has 0 aromatic carbocycles. The van der Waals surface area contributed by atoms with Gasteiger partial charge in [0.1, 0.15) is 0 Å². The van der Waals surface area contributed by atoms with E-state index in [1.165, 1.54) is 0 Å². The van der Waals surface area contributed by atoms with Crippen LogP contribution in [-0.4, -0.2) is 43.5 Å². The smallest absolute Gasteiger partial charge is 0.239 e. The van der Waals surface area contributed by atoms with Crippen molar-refractivity contribution in [2.24, 2.45) is 5.73 Å². The fraction of sp³-hybridized carbons (Fsp3) is 0.889. The largest absolute Gasteiger partial charge is 0.353 e. The molecule has 0 rings (SSSR count). The number of amides is 1. The van der Waals surface area contributed by atoms with Crippen LogP contribution in [0.1, 0.15) is 20.3 Å². The molecule has 0 aromatic rings. The highest BCUT2D eigenvalue weighted by Gasteiger charge is 2.25. The molecule has 0 aliphatic heterocycles. The Balaban J connectivity index is 3.75. The molecular weight excluding hydrogens is 166 g/mol. The normalized spacial score (nSPS) is 15.5. The molecule has 0 spiro atoms. The molecule has 0 aliphatic carbocycles. The topological polar surface area (TPSA) is 58.4 Å². The quantitative estimate of drug-likeness (QED) is 0.626. The minimum Gasteiger partial charge on any atom is -0.353 e. The van der Waals surface area contributed by atoms with E-state index in [-0.39, 0.29) is 5.91 Å². The predicted molar refractivity (Wildman–Crippen MR) is 54.4 cm³/mol. The van der Waals surface area contributed by atoms with E-state index in [9.17, 15) is 4.79 Å². The van der Waals surface area contributed by atoms with Gasteiger partial charge in [-0.15, -0.1) is 0 Å². The van der Waals surface area contributed by atoms with Gasteiger partial charge < -0.3 is 16.0 Å². The van der Waals surface area contributed by atoms with Crippen molar-refractivity contribution in [1.29, 1.82) is 0 Å². The van der Waals surface area contributed by atoms with Crippen molar-refractivity contribution < 1.29 is 4.79 Å². The summed E-state index contributed by atoms with van der Waals surface area (Å²) in [5, 5.41) is 2.80. The molecule has 1 amide bonds. The molecule has 0 aliphatic rings. The number of nitrogens with zero attached hydrogens (tertiary/aromatic N) is 1. The zero-order chi connectivity index (χ0) is 10.5. The predicted octanol–water partition coefficient (Wildman–Crippen LogP) is -0.208. The lowest BCUT2D eigenvalue weighted by atomic mass is 10.00. The summed E-state index contributed by atoms with van der Waals surface area (Å²) < 4.78 is 0. The van der Waals surface area contributed by atoms with Gasteiger partial charge in [-0.3, -0.25) is 4.79 Å². The number of rotatable bonds is 5. The van der Waals surface area contributed by atoms with Crippen LogP contribution in [0.5, 0.6) is 0 Å².